The largest absolute Gasteiger partial charge is 0.302 e. The van der Waals surface area contributed by atoms with Gasteiger partial charge < -0.3 is 4.90 Å². The zero-order valence-corrected chi connectivity index (χ0v) is 17.3. The summed E-state index contributed by atoms with van der Waals surface area (Å²) in [4.78, 5) is 18.9. The van der Waals surface area contributed by atoms with Gasteiger partial charge in [-0.2, -0.15) is 0 Å². The van der Waals surface area contributed by atoms with E-state index in [4.69, 9.17) is 11.6 Å². The summed E-state index contributed by atoms with van der Waals surface area (Å²) in [6, 6.07) is -0.308. The first-order valence-corrected chi connectivity index (χ1v) is 11.3. The number of amides is 1. The van der Waals surface area contributed by atoms with Crippen molar-refractivity contribution in [3.05, 3.63) is 45.8 Å². The van der Waals surface area contributed by atoms with Gasteiger partial charge in [-0.15, -0.1) is 0 Å². The molecule has 27 heavy (non-hydrogen) atoms. The number of nitrogens with one attached hydrogen (secondary N) is 1. The van der Waals surface area contributed by atoms with Gasteiger partial charge in [0.2, 0.25) is 10.0 Å². The predicted molar refractivity (Wildman–Crippen MR) is 107 cm³/mol. The van der Waals surface area contributed by atoms with Crippen LogP contribution in [0.25, 0.3) is 0 Å². The molecular weight excluding hydrogens is 386 g/mol. The van der Waals surface area contributed by atoms with Crippen LogP contribution < -0.4 is 9.62 Å². The lowest BCUT2D eigenvalue weighted by Gasteiger charge is -2.29. The third-order valence-electron chi connectivity index (χ3n) is 5.05. The minimum absolute atomic E-state index is 0.0600. The fourth-order valence-corrected chi connectivity index (χ4v) is 4.55. The summed E-state index contributed by atoms with van der Waals surface area (Å²) in [5, 5.41) is 0.713. The number of fused-ring (bicyclic) bond motifs is 1. The molecule has 1 N–H and O–H groups in total. The number of carbonyl (C=O) groups is 1. The van der Waals surface area contributed by atoms with E-state index in [9.17, 15) is 13.2 Å². The highest BCUT2D eigenvalue weighted by molar-refractivity contribution is 7.88. The average molecular weight is 410 g/mol. The molecule has 2 heterocycles. The monoisotopic (exact) mass is 409 g/mol. The van der Waals surface area contributed by atoms with E-state index in [0.29, 0.717) is 23.6 Å². The van der Waals surface area contributed by atoms with Crippen LogP contribution in [0.4, 0.5) is 5.69 Å². The third-order valence-corrected chi connectivity index (χ3v) is 6.14. The minimum atomic E-state index is -3.33. The fraction of sp³-hybridized carbons (Fsp3) is 0.474. The molecule has 1 aliphatic carbocycles. The van der Waals surface area contributed by atoms with E-state index in [1.807, 2.05) is 19.9 Å². The maximum atomic E-state index is 12.8. The van der Waals surface area contributed by atoms with E-state index in [1.165, 1.54) is 0 Å². The smallest absolute Gasteiger partial charge is 0.254 e. The SMILES string of the molecule is CC/C(Cl)=C\C1=C(C)C(=O)N(c2cncc3c2CCC[C@@H]3NS(C)(=O)=O)C1. The molecule has 0 saturated heterocycles. The van der Waals surface area contributed by atoms with E-state index in [-0.39, 0.29) is 11.9 Å². The van der Waals surface area contributed by atoms with Gasteiger partial charge in [0.1, 0.15) is 0 Å². The number of sulfonamides is 1. The Morgan fingerprint density at radius 3 is 2.85 bits per heavy atom. The van der Waals surface area contributed by atoms with Crippen LogP contribution in [-0.2, 0) is 21.2 Å². The van der Waals surface area contributed by atoms with Gasteiger partial charge in [-0.1, -0.05) is 18.5 Å². The quantitative estimate of drug-likeness (QED) is 0.809. The standard InChI is InChI=1S/C19H24ClN3O3S/c1-4-14(20)8-13-11-23(19(24)12(13)2)18-10-21-9-16-15(18)6-5-7-17(16)22-27(3,25)26/h8-10,17,22H,4-7,11H2,1-3H3/b14-8+/t17-/m0/s1. The zero-order valence-electron chi connectivity index (χ0n) is 15.8. The van der Waals surface area contributed by atoms with Gasteiger partial charge in [-0.05, 0) is 55.4 Å². The molecule has 0 aromatic carbocycles. The van der Waals surface area contributed by atoms with Crippen molar-refractivity contribution in [2.45, 2.75) is 45.6 Å². The predicted octanol–water partition coefficient (Wildman–Crippen LogP) is 3.20. The zero-order chi connectivity index (χ0) is 19.8. The van der Waals surface area contributed by atoms with Crippen molar-refractivity contribution in [2.24, 2.45) is 0 Å². The Balaban J connectivity index is 1.96. The lowest BCUT2D eigenvalue weighted by molar-refractivity contribution is -0.114. The summed E-state index contributed by atoms with van der Waals surface area (Å²) < 4.78 is 26.1. The number of pyridine rings is 1. The molecule has 6 nitrogen and oxygen atoms in total. The normalized spacial score (nSPS) is 21.0. The molecule has 0 unspecified atom stereocenters. The van der Waals surface area contributed by atoms with Gasteiger partial charge in [0.25, 0.3) is 5.91 Å². The van der Waals surface area contributed by atoms with Crippen molar-refractivity contribution in [1.29, 1.82) is 0 Å². The maximum absolute atomic E-state index is 12.8. The molecule has 0 spiro atoms. The summed E-state index contributed by atoms with van der Waals surface area (Å²) in [6.45, 7) is 4.23. The van der Waals surface area contributed by atoms with Crippen molar-refractivity contribution in [2.75, 3.05) is 17.7 Å². The lowest BCUT2D eigenvalue weighted by atomic mass is 9.88. The second-order valence-corrected chi connectivity index (χ2v) is 9.31. The lowest BCUT2D eigenvalue weighted by Crippen LogP contribution is -2.33. The van der Waals surface area contributed by atoms with Gasteiger partial charge in [0, 0.05) is 22.8 Å². The molecular formula is C19H24ClN3O3S. The second kappa shape index (κ2) is 7.73. The fourth-order valence-electron chi connectivity index (χ4n) is 3.66. The Hall–Kier alpha value is -1.70. The van der Waals surface area contributed by atoms with Crippen LogP contribution >= 0.6 is 11.6 Å². The van der Waals surface area contributed by atoms with Crippen molar-refractivity contribution in [1.82, 2.24) is 9.71 Å². The number of carbonyl (C=O) groups excluding carboxylic acids is 1. The van der Waals surface area contributed by atoms with Gasteiger partial charge in [-0.3, -0.25) is 9.78 Å². The van der Waals surface area contributed by atoms with Crippen LogP contribution in [0.5, 0.6) is 0 Å². The number of allylic oxidation sites excluding steroid dienone is 1. The summed E-state index contributed by atoms with van der Waals surface area (Å²) in [5.41, 5.74) is 4.19. The Morgan fingerprint density at radius 2 is 2.19 bits per heavy atom. The summed E-state index contributed by atoms with van der Waals surface area (Å²) >= 11 is 6.17. The van der Waals surface area contributed by atoms with Gasteiger partial charge in [0.15, 0.2) is 0 Å². The maximum Gasteiger partial charge on any atom is 0.254 e. The highest BCUT2D eigenvalue weighted by Gasteiger charge is 2.32. The van der Waals surface area contributed by atoms with Gasteiger partial charge in [-0.25, -0.2) is 13.1 Å². The van der Waals surface area contributed by atoms with Gasteiger partial charge >= 0.3 is 0 Å². The number of anilines is 1. The van der Waals surface area contributed by atoms with Crippen molar-refractivity contribution in [3.63, 3.8) is 0 Å². The van der Waals surface area contributed by atoms with Crippen molar-refractivity contribution >= 4 is 33.2 Å². The van der Waals surface area contributed by atoms with E-state index >= 15 is 0 Å². The molecule has 1 aromatic rings. The first-order chi connectivity index (χ1) is 12.7. The number of nitrogens with zero attached hydrogens (tertiary/aromatic N) is 2. The molecule has 1 amide bonds. The number of aromatic nitrogens is 1. The summed E-state index contributed by atoms with van der Waals surface area (Å²) in [6.07, 6.45) is 9.50. The van der Waals surface area contributed by atoms with Gasteiger partial charge in [0.05, 0.1) is 24.7 Å². The van der Waals surface area contributed by atoms with Crippen LogP contribution in [0.2, 0.25) is 0 Å². The van der Waals surface area contributed by atoms with Crippen LogP contribution in [0, 0.1) is 0 Å². The van der Waals surface area contributed by atoms with E-state index in [2.05, 4.69) is 9.71 Å². The summed E-state index contributed by atoms with van der Waals surface area (Å²) in [7, 11) is -3.33. The molecule has 1 aromatic heterocycles. The Kier molecular flexibility index (Phi) is 5.74. The first-order valence-electron chi connectivity index (χ1n) is 9.03. The van der Waals surface area contributed by atoms with Crippen molar-refractivity contribution < 1.29 is 13.2 Å². The molecule has 146 valence electrons. The molecule has 3 rings (SSSR count). The minimum Gasteiger partial charge on any atom is -0.302 e. The van der Waals surface area contributed by atoms with Crippen LogP contribution in [-0.4, -0.2) is 32.1 Å². The highest BCUT2D eigenvalue weighted by atomic mass is 35.5. The molecule has 8 heteroatoms. The Bertz CT molecular complexity index is 938. The Labute approximate surface area is 165 Å². The average Bonchev–Trinajstić information content (AvgIpc) is 2.88. The van der Waals surface area contributed by atoms with Crippen LogP contribution in [0.15, 0.2) is 34.6 Å². The molecule has 2 aliphatic rings. The van der Waals surface area contributed by atoms with Crippen molar-refractivity contribution in [3.8, 4) is 0 Å². The Morgan fingerprint density at radius 1 is 1.44 bits per heavy atom. The second-order valence-electron chi connectivity index (χ2n) is 7.05. The highest BCUT2D eigenvalue weighted by Crippen LogP contribution is 2.37. The number of hydrogen-bond donors (Lipinski definition) is 1. The van der Waals surface area contributed by atoms with Crippen LogP contribution in [0.1, 0.15) is 50.3 Å². The molecule has 0 saturated carbocycles. The van der Waals surface area contributed by atoms with E-state index < -0.39 is 10.0 Å². The molecule has 0 bridgehead atoms. The van der Waals surface area contributed by atoms with E-state index in [1.54, 1.807) is 17.3 Å². The summed E-state index contributed by atoms with van der Waals surface area (Å²) in [5.74, 6) is -0.0600. The molecule has 0 radical (unpaired) electrons. The molecule has 1 aliphatic heterocycles. The topological polar surface area (TPSA) is 79.4 Å². The number of rotatable bonds is 5. The van der Waals surface area contributed by atoms with Crippen LogP contribution in [0.3, 0.4) is 0 Å². The number of hydrogen-bond acceptors (Lipinski definition) is 4. The number of halogens is 1. The molecule has 1 atom stereocenters. The first kappa shape index (κ1) is 20.0. The van der Waals surface area contributed by atoms with E-state index in [0.717, 1.165) is 47.9 Å². The third kappa shape index (κ3) is 4.25. The molecule has 0 fully saturated rings.